The van der Waals surface area contributed by atoms with Crippen molar-refractivity contribution >= 4 is 29.8 Å². The van der Waals surface area contributed by atoms with Crippen molar-refractivity contribution in [1.82, 2.24) is 5.32 Å². The van der Waals surface area contributed by atoms with Crippen molar-refractivity contribution in [3.63, 3.8) is 0 Å². The Bertz CT molecular complexity index is 379. The normalized spacial score (nSPS) is 14.0. The van der Waals surface area contributed by atoms with E-state index in [4.69, 9.17) is 14.6 Å². The van der Waals surface area contributed by atoms with Crippen LogP contribution in [0.5, 0.6) is 0 Å². The Kier molecular flexibility index (Phi) is 8.16. The lowest BCUT2D eigenvalue weighted by Gasteiger charge is -2.22. The molecule has 2 unspecified atom stereocenters. The average Bonchev–Trinajstić information content (AvgIpc) is 2.31. The van der Waals surface area contributed by atoms with Gasteiger partial charge in [0, 0.05) is 5.75 Å². The third-order valence-electron chi connectivity index (χ3n) is 2.12. The number of alkyl carbamates (subject to hydrolysis) is 1. The second-order valence-electron chi connectivity index (χ2n) is 5.26. The molecular formula is C13H23NO6S. The maximum Gasteiger partial charge on any atom is 0.408 e. The Morgan fingerprint density at radius 1 is 1.29 bits per heavy atom. The average molecular weight is 321 g/mol. The van der Waals surface area contributed by atoms with Crippen LogP contribution in [0.25, 0.3) is 0 Å². The predicted molar refractivity (Wildman–Crippen MR) is 79.3 cm³/mol. The van der Waals surface area contributed by atoms with E-state index in [1.165, 1.54) is 0 Å². The van der Waals surface area contributed by atoms with Crippen molar-refractivity contribution in [3.8, 4) is 0 Å². The summed E-state index contributed by atoms with van der Waals surface area (Å²) in [6, 6.07) is -1.14. The molecule has 8 heteroatoms. The summed E-state index contributed by atoms with van der Waals surface area (Å²) in [5.41, 5.74) is -0.710. The zero-order valence-corrected chi connectivity index (χ0v) is 13.8. The van der Waals surface area contributed by atoms with Crippen molar-refractivity contribution in [2.75, 3.05) is 12.4 Å². The molecule has 0 saturated carbocycles. The molecule has 2 atom stereocenters. The van der Waals surface area contributed by atoms with Gasteiger partial charge in [0.25, 0.3) is 0 Å². The van der Waals surface area contributed by atoms with Crippen LogP contribution < -0.4 is 5.32 Å². The number of hydrogen-bond donors (Lipinski definition) is 2. The Labute approximate surface area is 128 Å². The largest absolute Gasteiger partial charge is 0.480 e. The fourth-order valence-corrected chi connectivity index (χ4v) is 2.10. The Balaban J connectivity index is 4.41. The first-order chi connectivity index (χ1) is 9.56. The van der Waals surface area contributed by atoms with Gasteiger partial charge in [-0.2, -0.15) is 0 Å². The van der Waals surface area contributed by atoms with Crippen LogP contribution in [0.15, 0.2) is 0 Å². The molecule has 0 rings (SSSR count). The number of carboxylic acid groups (broad SMARTS) is 1. The van der Waals surface area contributed by atoms with Crippen LogP contribution in [0, 0.1) is 0 Å². The first-order valence-corrected chi connectivity index (χ1v) is 7.62. The van der Waals surface area contributed by atoms with Gasteiger partial charge < -0.3 is 19.9 Å². The highest BCUT2D eigenvalue weighted by molar-refractivity contribution is 8.00. The zero-order chi connectivity index (χ0) is 16.6. The number of carboxylic acids is 1. The SMILES string of the molecule is CCOC(=O)C(C)SCC(NC(=O)OC(C)(C)C)C(=O)O. The fraction of sp³-hybridized carbons (Fsp3) is 0.769. The second kappa shape index (κ2) is 8.76. The summed E-state index contributed by atoms with van der Waals surface area (Å²) in [7, 11) is 0. The van der Waals surface area contributed by atoms with Gasteiger partial charge in [0.2, 0.25) is 0 Å². The van der Waals surface area contributed by atoms with Gasteiger partial charge in [-0.15, -0.1) is 11.8 Å². The van der Waals surface area contributed by atoms with E-state index < -0.39 is 34.9 Å². The molecule has 0 bridgehead atoms. The quantitative estimate of drug-likeness (QED) is 0.687. The Hall–Kier alpha value is -1.44. The molecule has 0 aromatic carbocycles. The molecule has 21 heavy (non-hydrogen) atoms. The number of aliphatic carboxylic acids is 1. The zero-order valence-electron chi connectivity index (χ0n) is 13.0. The van der Waals surface area contributed by atoms with Crippen LogP contribution in [0.1, 0.15) is 34.6 Å². The molecule has 1 amide bonds. The van der Waals surface area contributed by atoms with Crippen molar-refractivity contribution < 1.29 is 29.0 Å². The van der Waals surface area contributed by atoms with Gasteiger partial charge in [-0.05, 0) is 34.6 Å². The van der Waals surface area contributed by atoms with E-state index in [9.17, 15) is 14.4 Å². The van der Waals surface area contributed by atoms with Crippen molar-refractivity contribution in [3.05, 3.63) is 0 Å². The van der Waals surface area contributed by atoms with Gasteiger partial charge in [0.1, 0.15) is 11.6 Å². The number of thioether (sulfide) groups is 1. The lowest BCUT2D eigenvalue weighted by atomic mass is 10.2. The van der Waals surface area contributed by atoms with Crippen LogP contribution in [0.2, 0.25) is 0 Å². The summed E-state index contributed by atoms with van der Waals surface area (Å²) < 4.78 is 9.82. The van der Waals surface area contributed by atoms with Gasteiger partial charge >= 0.3 is 18.0 Å². The molecule has 0 aromatic heterocycles. The number of hydrogen-bond acceptors (Lipinski definition) is 6. The summed E-state index contributed by atoms with van der Waals surface area (Å²) in [5.74, 6) is -1.57. The van der Waals surface area contributed by atoms with Gasteiger partial charge in [0.15, 0.2) is 0 Å². The minimum Gasteiger partial charge on any atom is -0.480 e. The highest BCUT2D eigenvalue weighted by atomic mass is 32.2. The second-order valence-corrected chi connectivity index (χ2v) is 6.64. The van der Waals surface area contributed by atoms with Crippen molar-refractivity contribution in [1.29, 1.82) is 0 Å². The monoisotopic (exact) mass is 321 g/mol. The Morgan fingerprint density at radius 3 is 2.29 bits per heavy atom. The molecule has 0 heterocycles. The van der Waals surface area contributed by atoms with Crippen LogP contribution in [0.4, 0.5) is 4.79 Å². The van der Waals surface area contributed by atoms with E-state index in [1.54, 1.807) is 34.6 Å². The number of ether oxygens (including phenoxy) is 2. The molecule has 0 aliphatic carbocycles. The number of rotatable bonds is 7. The number of carbonyl (C=O) groups is 3. The minimum absolute atomic E-state index is 0.0363. The third kappa shape index (κ3) is 9.17. The summed E-state index contributed by atoms with van der Waals surface area (Å²) in [6.45, 7) is 8.62. The lowest BCUT2D eigenvalue weighted by Crippen LogP contribution is -2.45. The Morgan fingerprint density at radius 2 is 1.86 bits per heavy atom. The fourth-order valence-electron chi connectivity index (χ4n) is 1.19. The van der Waals surface area contributed by atoms with E-state index >= 15 is 0 Å². The van der Waals surface area contributed by atoms with E-state index in [0.29, 0.717) is 0 Å². The smallest absolute Gasteiger partial charge is 0.408 e. The summed E-state index contributed by atoms with van der Waals surface area (Å²) in [6.07, 6.45) is -0.806. The summed E-state index contributed by atoms with van der Waals surface area (Å²) in [4.78, 5) is 34.1. The molecule has 0 spiro atoms. The number of esters is 1. The standard InChI is InChI=1S/C13H23NO6S/c1-6-19-11(17)8(2)21-7-9(10(15)16)14-12(18)20-13(3,4)5/h8-9H,6-7H2,1-5H3,(H,14,18)(H,15,16). The maximum atomic E-state index is 11.6. The summed E-state index contributed by atoms with van der Waals surface area (Å²) in [5, 5.41) is 10.8. The molecule has 0 radical (unpaired) electrons. The predicted octanol–water partition coefficient (Wildman–Crippen LogP) is 1.65. The van der Waals surface area contributed by atoms with Gasteiger partial charge in [-0.25, -0.2) is 9.59 Å². The number of amides is 1. The molecule has 0 aromatic rings. The number of carbonyl (C=O) groups excluding carboxylic acids is 2. The molecule has 0 fully saturated rings. The van der Waals surface area contributed by atoms with Crippen LogP contribution in [-0.2, 0) is 19.1 Å². The van der Waals surface area contributed by atoms with Gasteiger partial charge in [0.05, 0.1) is 11.9 Å². The first kappa shape index (κ1) is 19.6. The van der Waals surface area contributed by atoms with Gasteiger partial charge in [-0.3, -0.25) is 4.79 Å². The highest BCUT2D eigenvalue weighted by Gasteiger charge is 2.26. The molecular weight excluding hydrogens is 298 g/mol. The molecule has 2 N–H and O–H groups in total. The number of nitrogens with one attached hydrogen (secondary N) is 1. The van der Waals surface area contributed by atoms with E-state index in [0.717, 1.165) is 11.8 Å². The molecule has 122 valence electrons. The molecule has 0 aliphatic rings. The maximum absolute atomic E-state index is 11.6. The lowest BCUT2D eigenvalue weighted by molar-refractivity contribution is -0.142. The van der Waals surface area contributed by atoms with Crippen LogP contribution >= 0.6 is 11.8 Å². The van der Waals surface area contributed by atoms with Gasteiger partial charge in [-0.1, -0.05) is 0 Å². The van der Waals surface area contributed by atoms with Crippen molar-refractivity contribution in [2.24, 2.45) is 0 Å². The molecule has 7 nitrogen and oxygen atoms in total. The van der Waals surface area contributed by atoms with E-state index in [-0.39, 0.29) is 12.4 Å². The van der Waals surface area contributed by atoms with Crippen LogP contribution in [-0.4, -0.2) is 52.4 Å². The third-order valence-corrected chi connectivity index (χ3v) is 3.34. The summed E-state index contributed by atoms with van der Waals surface area (Å²) >= 11 is 1.10. The first-order valence-electron chi connectivity index (χ1n) is 6.57. The minimum atomic E-state index is -1.19. The van der Waals surface area contributed by atoms with E-state index in [2.05, 4.69) is 5.32 Å². The topological polar surface area (TPSA) is 102 Å². The molecule has 0 aliphatic heterocycles. The molecule has 0 saturated heterocycles. The highest BCUT2D eigenvalue weighted by Crippen LogP contribution is 2.14. The van der Waals surface area contributed by atoms with Crippen LogP contribution in [0.3, 0.4) is 0 Å². The van der Waals surface area contributed by atoms with E-state index in [1.807, 2.05) is 0 Å². The van der Waals surface area contributed by atoms with Crippen molar-refractivity contribution in [2.45, 2.75) is 51.5 Å².